The second-order valence-electron chi connectivity index (χ2n) is 7.09. The van der Waals surface area contributed by atoms with E-state index in [9.17, 15) is 13.9 Å². The zero-order valence-corrected chi connectivity index (χ0v) is 19.8. The van der Waals surface area contributed by atoms with E-state index in [1.54, 1.807) is 12.1 Å². The Labute approximate surface area is 194 Å². The topological polar surface area (TPSA) is 75.1 Å². The molecule has 6 nitrogen and oxygen atoms in total. The molecule has 1 fully saturated rings. The number of nitrogens with zero attached hydrogens (tertiary/aromatic N) is 1. The van der Waals surface area contributed by atoms with Crippen LogP contribution in [-0.2, 0) is 4.74 Å². The number of ether oxygens (including phenoxy) is 2. The van der Waals surface area contributed by atoms with Crippen molar-refractivity contribution in [3.8, 4) is 5.75 Å². The van der Waals surface area contributed by atoms with Crippen molar-refractivity contribution in [3.63, 3.8) is 0 Å². The van der Waals surface area contributed by atoms with Crippen molar-refractivity contribution in [3.05, 3.63) is 29.8 Å². The molecule has 30 heavy (non-hydrogen) atoms. The quantitative estimate of drug-likeness (QED) is 0.169. The van der Waals surface area contributed by atoms with Gasteiger partial charge in [0.15, 0.2) is 5.96 Å². The first-order valence-corrected chi connectivity index (χ1v) is 10.4. The van der Waals surface area contributed by atoms with E-state index in [0.717, 1.165) is 19.6 Å². The smallest absolute Gasteiger partial charge is 0.387 e. The maximum Gasteiger partial charge on any atom is 0.387 e. The van der Waals surface area contributed by atoms with E-state index in [0.29, 0.717) is 24.2 Å². The zero-order valence-electron chi connectivity index (χ0n) is 17.5. The summed E-state index contributed by atoms with van der Waals surface area (Å²) < 4.78 is 34.6. The highest BCUT2D eigenvalue weighted by Gasteiger charge is 2.13. The first-order valence-electron chi connectivity index (χ1n) is 10.4. The number of guanidine groups is 1. The fraction of sp³-hybridized carbons (Fsp3) is 0.667. The predicted molar refractivity (Wildman–Crippen MR) is 125 cm³/mol. The fourth-order valence-corrected chi connectivity index (χ4v) is 3.26. The van der Waals surface area contributed by atoms with E-state index < -0.39 is 12.7 Å². The summed E-state index contributed by atoms with van der Waals surface area (Å²) in [5.41, 5.74) is 0.590. The molecule has 0 bridgehead atoms. The summed E-state index contributed by atoms with van der Waals surface area (Å²) in [5.74, 6) is 0.687. The Morgan fingerprint density at radius 2 is 1.87 bits per heavy atom. The molecule has 1 aromatic rings. The molecule has 0 aliphatic heterocycles. The minimum absolute atomic E-state index is 0. The number of benzene rings is 1. The van der Waals surface area contributed by atoms with Crippen molar-refractivity contribution in [1.82, 2.24) is 10.6 Å². The lowest BCUT2D eigenvalue weighted by Crippen LogP contribution is -2.38. The van der Waals surface area contributed by atoms with Crippen LogP contribution in [0.3, 0.4) is 0 Å². The van der Waals surface area contributed by atoms with Crippen LogP contribution in [0.25, 0.3) is 0 Å². The van der Waals surface area contributed by atoms with Gasteiger partial charge in [0.2, 0.25) is 0 Å². The molecular weight excluding hydrogens is 507 g/mol. The number of alkyl halides is 2. The van der Waals surface area contributed by atoms with Gasteiger partial charge in [-0.25, -0.2) is 0 Å². The predicted octanol–water partition coefficient (Wildman–Crippen LogP) is 4.23. The Balaban J connectivity index is 0.00000450. The lowest BCUT2D eigenvalue weighted by molar-refractivity contribution is -0.0498. The molecule has 0 aromatic heterocycles. The maximum absolute atomic E-state index is 12.2. The molecular formula is C21H34F2IN3O3. The van der Waals surface area contributed by atoms with E-state index in [2.05, 4.69) is 20.4 Å². The average Bonchev–Trinajstić information content (AvgIpc) is 2.72. The molecule has 1 aliphatic rings. The van der Waals surface area contributed by atoms with Crippen LogP contribution < -0.4 is 15.4 Å². The largest absolute Gasteiger partial charge is 0.435 e. The van der Waals surface area contributed by atoms with Gasteiger partial charge in [-0.05, 0) is 43.9 Å². The molecule has 0 heterocycles. The van der Waals surface area contributed by atoms with Gasteiger partial charge >= 0.3 is 6.61 Å². The number of aliphatic hydroxyl groups is 1. The van der Waals surface area contributed by atoms with Crippen LogP contribution in [0.4, 0.5) is 8.78 Å². The summed E-state index contributed by atoms with van der Waals surface area (Å²) in [6.07, 6.45) is 6.67. The van der Waals surface area contributed by atoms with Crippen molar-refractivity contribution in [2.24, 2.45) is 4.99 Å². The third-order valence-electron chi connectivity index (χ3n) is 4.78. The van der Waals surface area contributed by atoms with Gasteiger partial charge in [0.1, 0.15) is 5.75 Å². The molecule has 1 atom stereocenters. The van der Waals surface area contributed by atoms with E-state index in [4.69, 9.17) is 4.74 Å². The van der Waals surface area contributed by atoms with Crippen molar-refractivity contribution in [2.75, 3.05) is 26.2 Å². The maximum atomic E-state index is 12.2. The Morgan fingerprint density at radius 3 is 2.50 bits per heavy atom. The second-order valence-corrected chi connectivity index (χ2v) is 7.09. The zero-order chi connectivity index (χ0) is 20.9. The molecule has 0 amide bonds. The Hall–Kier alpha value is -1.20. The first-order chi connectivity index (χ1) is 14.1. The SMILES string of the molecule is CCNC(=NCC(O)c1ccc(OC(F)F)cc1)NCCCOC1CCCCC1.I. The number of halogens is 3. The minimum Gasteiger partial charge on any atom is -0.435 e. The molecule has 1 unspecified atom stereocenters. The van der Waals surface area contributed by atoms with Crippen molar-refractivity contribution in [1.29, 1.82) is 0 Å². The van der Waals surface area contributed by atoms with Crippen molar-refractivity contribution >= 4 is 29.9 Å². The number of hydrogen-bond acceptors (Lipinski definition) is 4. The van der Waals surface area contributed by atoms with Crippen LogP contribution in [0.2, 0.25) is 0 Å². The van der Waals surface area contributed by atoms with Crippen molar-refractivity contribution < 1.29 is 23.4 Å². The highest BCUT2D eigenvalue weighted by molar-refractivity contribution is 14.0. The number of hydrogen-bond donors (Lipinski definition) is 3. The van der Waals surface area contributed by atoms with Gasteiger partial charge in [-0.3, -0.25) is 4.99 Å². The summed E-state index contributed by atoms with van der Waals surface area (Å²) in [4.78, 5) is 4.40. The Morgan fingerprint density at radius 1 is 1.17 bits per heavy atom. The van der Waals surface area contributed by atoms with Gasteiger partial charge in [0, 0.05) is 19.7 Å². The lowest BCUT2D eigenvalue weighted by Gasteiger charge is -2.22. The number of aliphatic imine (C=N–C) groups is 1. The highest BCUT2D eigenvalue weighted by Crippen LogP contribution is 2.20. The molecule has 172 valence electrons. The Bertz CT molecular complexity index is 600. The number of nitrogens with one attached hydrogen (secondary N) is 2. The van der Waals surface area contributed by atoms with Gasteiger partial charge in [0.05, 0.1) is 18.8 Å². The van der Waals surface area contributed by atoms with Crippen LogP contribution in [0.1, 0.15) is 57.1 Å². The Kier molecular flexibility index (Phi) is 13.9. The second kappa shape index (κ2) is 15.6. The summed E-state index contributed by atoms with van der Waals surface area (Å²) in [6, 6.07) is 5.93. The van der Waals surface area contributed by atoms with Crippen LogP contribution in [0.5, 0.6) is 5.75 Å². The van der Waals surface area contributed by atoms with Gasteiger partial charge in [-0.1, -0.05) is 31.4 Å². The fourth-order valence-electron chi connectivity index (χ4n) is 3.26. The minimum atomic E-state index is -2.86. The molecule has 1 aliphatic carbocycles. The van der Waals surface area contributed by atoms with Crippen molar-refractivity contribution in [2.45, 2.75) is 64.3 Å². The van der Waals surface area contributed by atoms with E-state index in [-0.39, 0.29) is 36.3 Å². The van der Waals surface area contributed by atoms with Crippen LogP contribution >= 0.6 is 24.0 Å². The summed E-state index contributed by atoms with van der Waals surface area (Å²) in [6.45, 7) is 1.43. The van der Waals surface area contributed by atoms with Gasteiger partial charge in [-0.15, -0.1) is 24.0 Å². The third kappa shape index (κ3) is 10.7. The highest BCUT2D eigenvalue weighted by atomic mass is 127. The standard InChI is InChI=1S/C21H33F2N3O3.HI/c1-2-24-21(25-13-6-14-28-17-7-4-3-5-8-17)26-15-19(27)16-9-11-18(12-10-16)29-20(22)23;/h9-12,17,19-20,27H,2-8,13-15H2,1H3,(H2,24,25,26);1H. The molecule has 0 radical (unpaired) electrons. The molecule has 1 saturated carbocycles. The van der Waals surface area contributed by atoms with Gasteiger partial charge < -0.3 is 25.2 Å². The normalized spacial score (nSPS) is 16.1. The van der Waals surface area contributed by atoms with Crippen LogP contribution in [0, 0.1) is 0 Å². The number of rotatable bonds is 11. The summed E-state index contributed by atoms with van der Waals surface area (Å²) in [7, 11) is 0. The molecule has 3 N–H and O–H groups in total. The average molecular weight is 541 g/mol. The van der Waals surface area contributed by atoms with E-state index in [1.807, 2.05) is 6.92 Å². The lowest BCUT2D eigenvalue weighted by atomic mass is 9.98. The van der Waals surface area contributed by atoms with Gasteiger partial charge in [-0.2, -0.15) is 8.78 Å². The van der Waals surface area contributed by atoms with Crippen LogP contribution in [-0.4, -0.2) is 50.0 Å². The first kappa shape index (κ1) is 26.8. The molecule has 9 heteroatoms. The summed E-state index contributed by atoms with van der Waals surface area (Å²) in [5, 5.41) is 16.7. The van der Waals surface area contributed by atoms with E-state index in [1.165, 1.54) is 44.2 Å². The summed E-state index contributed by atoms with van der Waals surface area (Å²) >= 11 is 0. The monoisotopic (exact) mass is 541 g/mol. The molecule has 0 saturated heterocycles. The number of aliphatic hydroxyl groups excluding tert-OH is 1. The van der Waals surface area contributed by atoms with Crippen LogP contribution in [0.15, 0.2) is 29.3 Å². The molecule has 2 rings (SSSR count). The molecule has 1 aromatic carbocycles. The van der Waals surface area contributed by atoms with Gasteiger partial charge in [0.25, 0.3) is 0 Å². The van der Waals surface area contributed by atoms with E-state index >= 15 is 0 Å². The molecule has 0 spiro atoms. The third-order valence-corrected chi connectivity index (χ3v) is 4.78.